The van der Waals surface area contributed by atoms with Gasteiger partial charge in [0.2, 0.25) is 0 Å². The SMILES string of the molecule is CC(C)n1c(=O)c2c(-c3nc(C4CC4)no3)ncn2c2cccnc21. The van der Waals surface area contributed by atoms with Crippen LogP contribution in [-0.2, 0) is 0 Å². The zero-order chi connectivity index (χ0) is 17.1. The van der Waals surface area contributed by atoms with Crippen LogP contribution in [0.2, 0.25) is 0 Å². The Hall–Kier alpha value is -3.03. The van der Waals surface area contributed by atoms with Crippen molar-refractivity contribution >= 4 is 16.7 Å². The fourth-order valence-corrected chi connectivity index (χ4v) is 3.18. The molecule has 0 N–H and O–H groups in total. The molecule has 1 aliphatic rings. The second-order valence-electron chi connectivity index (χ2n) is 6.66. The first-order valence-electron chi connectivity index (χ1n) is 8.35. The van der Waals surface area contributed by atoms with E-state index in [1.165, 1.54) is 0 Å². The maximum Gasteiger partial charge on any atom is 0.279 e. The Balaban J connectivity index is 1.85. The number of rotatable bonds is 3. The Morgan fingerprint density at radius 3 is 2.88 bits per heavy atom. The molecule has 0 aromatic carbocycles. The molecule has 0 amide bonds. The normalized spacial score (nSPS) is 14.8. The quantitative estimate of drug-likeness (QED) is 0.571. The number of aromatic nitrogens is 6. The second-order valence-corrected chi connectivity index (χ2v) is 6.66. The van der Waals surface area contributed by atoms with Crippen molar-refractivity contribution in [1.29, 1.82) is 0 Å². The van der Waals surface area contributed by atoms with Crippen LogP contribution >= 0.6 is 0 Å². The van der Waals surface area contributed by atoms with Gasteiger partial charge in [-0.05, 0) is 38.8 Å². The number of hydrogen-bond donors (Lipinski definition) is 0. The molecule has 4 aromatic heterocycles. The predicted octanol–water partition coefficient (Wildman–Crippen LogP) is 2.55. The Bertz CT molecular complexity index is 1170. The molecular formula is C17H16N6O2. The molecule has 0 spiro atoms. The minimum Gasteiger partial charge on any atom is -0.332 e. The van der Waals surface area contributed by atoms with Crippen LogP contribution in [0.1, 0.15) is 44.5 Å². The first-order valence-corrected chi connectivity index (χ1v) is 8.35. The Morgan fingerprint density at radius 2 is 2.12 bits per heavy atom. The first-order chi connectivity index (χ1) is 12.1. The molecule has 0 radical (unpaired) electrons. The van der Waals surface area contributed by atoms with Crippen molar-refractivity contribution in [2.24, 2.45) is 0 Å². The van der Waals surface area contributed by atoms with Gasteiger partial charge in [0.1, 0.15) is 11.8 Å². The average molecular weight is 336 g/mol. The highest BCUT2D eigenvalue weighted by Crippen LogP contribution is 2.39. The van der Waals surface area contributed by atoms with Crippen molar-refractivity contribution in [3.63, 3.8) is 0 Å². The van der Waals surface area contributed by atoms with Crippen LogP contribution < -0.4 is 5.56 Å². The summed E-state index contributed by atoms with van der Waals surface area (Å²) in [5.74, 6) is 1.37. The van der Waals surface area contributed by atoms with E-state index in [1.54, 1.807) is 21.5 Å². The standard InChI is InChI=1S/C17H16N6O2/c1-9(2)23-15-11(4-3-7-18-15)22-8-19-12(13(22)17(23)24)16-20-14(21-25-16)10-5-6-10/h3-4,7-10H,5-6H2,1-2H3. The van der Waals surface area contributed by atoms with Gasteiger partial charge < -0.3 is 4.52 Å². The summed E-state index contributed by atoms with van der Waals surface area (Å²) in [6.45, 7) is 3.92. The molecule has 0 atom stereocenters. The third-order valence-corrected chi connectivity index (χ3v) is 4.55. The molecule has 0 bridgehead atoms. The van der Waals surface area contributed by atoms with Crippen molar-refractivity contribution in [1.82, 2.24) is 29.1 Å². The van der Waals surface area contributed by atoms with Crippen LogP contribution in [0.25, 0.3) is 28.3 Å². The third kappa shape index (κ3) is 2.03. The van der Waals surface area contributed by atoms with Crippen molar-refractivity contribution in [3.05, 3.63) is 40.8 Å². The molecule has 0 unspecified atom stereocenters. The maximum absolute atomic E-state index is 13.2. The maximum atomic E-state index is 13.2. The average Bonchev–Trinajstić information content (AvgIpc) is 3.17. The second kappa shape index (κ2) is 4.98. The lowest BCUT2D eigenvalue weighted by Crippen LogP contribution is -2.25. The smallest absolute Gasteiger partial charge is 0.279 e. The van der Waals surface area contributed by atoms with Gasteiger partial charge in [0.25, 0.3) is 11.4 Å². The van der Waals surface area contributed by atoms with E-state index in [9.17, 15) is 4.79 Å². The summed E-state index contributed by atoms with van der Waals surface area (Å²) in [7, 11) is 0. The van der Waals surface area contributed by atoms with E-state index in [2.05, 4.69) is 20.1 Å². The summed E-state index contributed by atoms with van der Waals surface area (Å²) in [5.41, 5.74) is 2.12. The van der Waals surface area contributed by atoms with Crippen molar-refractivity contribution in [2.75, 3.05) is 0 Å². The molecule has 4 aromatic rings. The van der Waals surface area contributed by atoms with Crippen LogP contribution in [0.5, 0.6) is 0 Å². The summed E-state index contributed by atoms with van der Waals surface area (Å²) in [6, 6.07) is 3.72. The van der Waals surface area contributed by atoms with Crippen LogP contribution in [-0.4, -0.2) is 29.1 Å². The van der Waals surface area contributed by atoms with E-state index < -0.39 is 0 Å². The van der Waals surface area contributed by atoms with Gasteiger partial charge in [-0.1, -0.05) is 5.16 Å². The number of fused-ring (bicyclic) bond motifs is 3. The molecule has 0 saturated heterocycles. The highest BCUT2D eigenvalue weighted by atomic mass is 16.5. The number of hydrogen-bond acceptors (Lipinski definition) is 6. The van der Waals surface area contributed by atoms with Gasteiger partial charge in [-0.2, -0.15) is 4.98 Å². The van der Waals surface area contributed by atoms with E-state index in [0.717, 1.165) is 18.4 Å². The fraction of sp³-hybridized carbons (Fsp3) is 0.353. The molecule has 4 heterocycles. The minimum absolute atomic E-state index is 0.0395. The van der Waals surface area contributed by atoms with Crippen molar-refractivity contribution < 1.29 is 4.52 Å². The van der Waals surface area contributed by atoms with E-state index in [0.29, 0.717) is 34.5 Å². The van der Waals surface area contributed by atoms with Gasteiger partial charge in [0.15, 0.2) is 17.2 Å². The zero-order valence-corrected chi connectivity index (χ0v) is 13.9. The number of nitrogens with zero attached hydrogens (tertiary/aromatic N) is 6. The molecule has 1 fully saturated rings. The third-order valence-electron chi connectivity index (χ3n) is 4.55. The van der Waals surface area contributed by atoms with Gasteiger partial charge in [-0.3, -0.25) is 13.8 Å². The number of imidazole rings is 1. The van der Waals surface area contributed by atoms with Gasteiger partial charge >= 0.3 is 0 Å². The van der Waals surface area contributed by atoms with E-state index in [4.69, 9.17) is 4.52 Å². The van der Waals surface area contributed by atoms with Crippen molar-refractivity contribution in [2.45, 2.75) is 38.6 Å². The van der Waals surface area contributed by atoms with Crippen LogP contribution in [0.3, 0.4) is 0 Å². The first kappa shape index (κ1) is 14.3. The van der Waals surface area contributed by atoms with E-state index >= 15 is 0 Å². The van der Waals surface area contributed by atoms with Gasteiger partial charge in [0.05, 0.1) is 5.52 Å². The summed E-state index contributed by atoms with van der Waals surface area (Å²) in [5, 5.41) is 4.03. The molecule has 0 aliphatic heterocycles. The Kier molecular flexibility index (Phi) is 2.85. The molecule has 25 heavy (non-hydrogen) atoms. The molecular weight excluding hydrogens is 320 g/mol. The lowest BCUT2D eigenvalue weighted by Gasteiger charge is -2.14. The van der Waals surface area contributed by atoms with Gasteiger partial charge in [0, 0.05) is 18.2 Å². The summed E-state index contributed by atoms with van der Waals surface area (Å²) < 4.78 is 8.81. The topological polar surface area (TPSA) is 91.1 Å². The Labute approximate surface area is 142 Å². The number of pyridine rings is 1. The zero-order valence-electron chi connectivity index (χ0n) is 13.9. The van der Waals surface area contributed by atoms with E-state index in [-0.39, 0.29) is 11.6 Å². The summed E-state index contributed by atoms with van der Waals surface area (Å²) >= 11 is 0. The molecule has 5 rings (SSSR count). The lowest BCUT2D eigenvalue weighted by molar-refractivity contribution is 0.422. The van der Waals surface area contributed by atoms with Crippen LogP contribution in [0, 0.1) is 0 Å². The molecule has 1 saturated carbocycles. The molecule has 8 nitrogen and oxygen atoms in total. The summed E-state index contributed by atoms with van der Waals surface area (Å²) in [4.78, 5) is 26.4. The largest absolute Gasteiger partial charge is 0.332 e. The monoisotopic (exact) mass is 336 g/mol. The molecule has 126 valence electrons. The minimum atomic E-state index is -0.167. The predicted molar refractivity (Wildman–Crippen MR) is 90.4 cm³/mol. The van der Waals surface area contributed by atoms with Gasteiger partial charge in [-0.15, -0.1) is 0 Å². The van der Waals surface area contributed by atoms with Crippen LogP contribution in [0.15, 0.2) is 34.0 Å². The van der Waals surface area contributed by atoms with Gasteiger partial charge in [-0.25, -0.2) is 9.97 Å². The van der Waals surface area contributed by atoms with Crippen molar-refractivity contribution in [3.8, 4) is 11.6 Å². The Morgan fingerprint density at radius 1 is 1.28 bits per heavy atom. The summed E-state index contributed by atoms with van der Waals surface area (Å²) in [6.07, 6.45) is 5.46. The lowest BCUT2D eigenvalue weighted by atomic mass is 10.3. The fourth-order valence-electron chi connectivity index (χ4n) is 3.18. The highest BCUT2D eigenvalue weighted by molar-refractivity contribution is 5.81. The highest BCUT2D eigenvalue weighted by Gasteiger charge is 2.30. The molecule has 1 aliphatic carbocycles. The van der Waals surface area contributed by atoms with E-state index in [1.807, 2.05) is 26.0 Å². The van der Waals surface area contributed by atoms with Crippen LogP contribution in [0.4, 0.5) is 0 Å². The molecule has 8 heteroatoms.